The first-order valence-corrected chi connectivity index (χ1v) is 7.18. The van der Waals surface area contributed by atoms with Crippen LogP contribution in [0.15, 0.2) is 53.6 Å². The van der Waals surface area contributed by atoms with Gasteiger partial charge in [0.05, 0.1) is 6.21 Å². The van der Waals surface area contributed by atoms with Crippen molar-refractivity contribution in [1.82, 2.24) is 10.7 Å². The van der Waals surface area contributed by atoms with Crippen molar-refractivity contribution < 1.29 is 19.8 Å². The molecule has 124 valence electrons. The summed E-state index contributed by atoms with van der Waals surface area (Å²) in [6.45, 7) is 1.53. The van der Waals surface area contributed by atoms with Crippen LogP contribution in [-0.2, 0) is 4.79 Å². The Hall–Kier alpha value is -3.35. The van der Waals surface area contributed by atoms with E-state index >= 15 is 0 Å². The third kappa shape index (κ3) is 4.57. The van der Waals surface area contributed by atoms with Crippen molar-refractivity contribution >= 4 is 18.0 Å². The fourth-order valence-electron chi connectivity index (χ4n) is 1.84. The lowest BCUT2D eigenvalue weighted by Gasteiger charge is -2.12. The molecule has 0 aromatic heterocycles. The molecule has 0 spiro atoms. The summed E-state index contributed by atoms with van der Waals surface area (Å²) in [6, 6.07) is 11.7. The van der Waals surface area contributed by atoms with E-state index in [1.54, 1.807) is 30.3 Å². The van der Waals surface area contributed by atoms with Crippen molar-refractivity contribution in [3.8, 4) is 11.5 Å². The van der Waals surface area contributed by atoms with Crippen LogP contribution in [0.2, 0.25) is 0 Å². The third-order valence-corrected chi connectivity index (χ3v) is 3.17. The van der Waals surface area contributed by atoms with Gasteiger partial charge in [0.25, 0.3) is 11.8 Å². The second-order valence-electron chi connectivity index (χ2n) is 5.04. The Balaban J connectivity index is 1.89. The molecule has 0 fully saturated rings. The van der Waals surface area contributed by atoms with Crippen LogP contribution in [0.25, 0.3) is 0 Å². The van der Waals surface area contributed by atoms with Crippen LogP contribution in [0, 0.1) is 0 Å². The van der Waals surface area contributed by atoms with E-state index in [2.05, 4.69) is 15.8 Å². The van der Waals surface area contributed by atoms with Gasteiger partial charge in [0.1, 0.15) is 17.5 Å². The van der Waals surface area contributed by atoms with E-state index in [0.29, 0.717) is 11.1 Å². The van der Waals surface area contributed by atoms with Gasteiger partial charge < -0.3 is 15.5 Å². The Morgan fingerprint density at radius 2 is 1.83 bits per heavy atom. The van der Waals surface area contributed by atoms with E-state index < -0.39 is 11.9 Å². The van der Waals surface area contributed by atoms with Crippen LogP contribution in [-0.4, -0.2) is 34.3 Å². The second kappa shape index (κ2) is 7.77. The fourth-order valence-corrected chi connectivity index (χ4v) is 1.84. The number of aromatic hydroxyl groups is 2. The molecular weight excluding hydrogens is 310 g/mol. The number of rotatable bonds is 5. The number of carbonyl (C=O) groups is 2. The molecule has 0 radical (unpaired) electrons. The molecule has 0 saturated carbocycles. The van der Waals surface area contributed by atoms with Gasteiger partial charge in [-0.15, -0.1) is 0 Å². The molecule has 0 unspecified atom stereocenters. The Kier molecular flexibility index (Phi) is 5.51. The summed E-state index contributed by atoms with van der Waals surface area (Å²) in [5, 5.41) is 25.0. The predicted molar refractivity (Wildman–Crippen MR) is 88.9 cm³/mol. The van der Waals surface area contributed by atoms with Gasteiger partial charge in [0, 0.05) is 17.2 Å². The number of amides is 2. The standard InChI is InChI=1S/C17H17N3O4/c1-11(19-17(24)12-5-3-2-4-6-12)16(23)20-18-10-13-7-8-14(21)9-15(13)22/h2-11,21-22H,1H3,(H,19,24)(H,20,23)/t11-/m1/s1. The van der Waals surface area contributed by atoms with E-state index in [1.807, 2.05) is 0 Å². The van der Waals surface area contributed by atoms with Crippen molar-refractivity contribution in [1.29, 1.82) is 0 Å². The van der Waals surface area contributed by atoms with Gasteiger partial charge in [-0.1, -0.05) is 18.2 Å². The molecule has 2 aromatic carbocycles. The summed E-state index contributed by atoms with van der Waals surface area (Å²) in [7, 11) is 0. The molecule has 2 aromatic rings. The minimum Gasteiger partial charge on any atom is -0.508 e. The smallest absolute Gasteiger partial charge is 0.262 e. The Labute approximate surface area is 138 Å². The highest BCUT2D eigenvalue weighted by molar-refractivity contribution is 5.97. The van der Waals surface area contributed by atoms with E-state index in [-0.39, 0.29) is 17.4 Å². The molecule has 2 rings (SSSR count). The molecule has 2 amide bonds. The van der Waals surface area contributed by atoms with Crippen LogP contribution < -0.4 is 10.7 Å². The molecule has 0 aliphatic heterocycles. The molecule has 0 heterocycles. The molecule has 0 aliphatic carbocycles. The fraction of sp³-hybridized carbons (Fsp3) is 0.118. The SMILES string of the molecule is C[C@@H](NC(=O)c1ccccc1)C(=O)NN=Cc1ccc(O)cc1O. The number of benzene rings is 2. The topological polar surface area (TPSA) is 111 Å². The molecule has 0 saturated heterocycles. The molecular formula is C17H17N3O4. The minimum atomic E-state index is -0.789. The molecule has 0 aliphatic rings. The van der Waals surface area contributed by atoms with Gasteiger partial charge >= 0.3 is 0 Å². The first-order valence-electron chi connectivity index (χ1n) is 7.18. The Bertz CT molecular complexity index is 760. The van der Waals surface area contributed by atoms with Crippen molar-refractivity contribution in [2.24, 2.45) is 5.10 Å². The predicted octanol–water partition coefficient (Wildman–Crippen LogP) is 1.37. The van der Waals surface area contributed by atoms with Crippen LogP contribution in [0.3, 0.4) is 0 Å². The normalized spacial score (nSPS) is 11.9. The maximum atomic E-state index is 11.9. The zero-order valence-electron chi connectivity index (χ0n) is 12.9. The van der Waals surface area contributed by atoms with Crippen molar-refractivity contribution in [2.45, 2.75) is 13.0 Å². The van der Waals surface area contributed by atoms with Gasteiger partial charge in [0.15, 0.2) is 0 Å². The molecule has 7 heteroatoms. The largest absolute Gasteiger partial charge is 0.508 e. The molecule has 4 N–H and O–H groups in total. The summed E-state index contributed by atoms with van der Waals surface area (Å²) in [6.07, 6.45) is 1.23. The van der Waals surface area contributed by atoms with Crippen molar-refractivity contribution in [2.75, 3.05) is 0 Å². The molecule has 24 heavy (non-hydrogen) atoms. The van der Waals surface area contributed by atoms with E-state index in [4.69, 9.17) is 0 Å². The maximum absolute atomic E-state index is 11.9. The maximum Gasteiger partial charge on any atom is 0.262 e. The number of hydrogen-bond acceptors (Lipinski definition) is 5. The van der Waals surface area contributed by atoms with Gasteiger partial charge in [-0.25, -0.2) is 5.43 Å². The van der Waals surface area contributed by atoms with Gasteiger partial charge in [-0.05, 0) is 31.2 Å². The molecule has 1 atom stereocenters. The molecule has 0 bridgehead atoms. The highest BCUT2D eigenvalue weighted by atomic mass is 16.3. The Morgan fingerprint density at radius 1 is 1.12 bits per heavy atom. The number of phenols is 2. The lowest BCUT2D eigenvalue weighted by molar-refractivity contribution is -0.122. The highest BCUT2D eigenvalue weighted by Crippen LogP contribution is 2.20. The summed E-state index contributed by atoms with van der Waals surface area (Å²) in [5.74, 6) is -1.11. The first kappa shape index (κ1) is 17.0. The van der Waals surface area contributed by atoms with Gasteiger partial charge in [0.2, 0.25) is 0 Å². The monoisotopic (exact) mass is 327 g/mol. The number of carbonyl (C=O) groups excluding carboxylic acids is 2. The average molecular weight is 327 g/mol. The van der Waals surface area contributed by atoms with Crippen LogP contribution in [0.1, 0.15) is 22.8 Å². The zero-order valence-corrected chi connectivity index (χ0v) is 12.9. The quantitative estimate of drug-likeness (QED) is 0.491. The zero-order chi connectivity index (χ0) is 17.5. The lowest BCUT2D eigenvalue weighted by atomic mass is 10.2. The Morgan fingerprint density at radius 3 is 2.50 bits per heavy atom. The van der Waals surface area contributed by atoms with E-state index in [9.17, 15) is 19.8 Å². The highest BCUT2D eigenvalue weighted by Gasteiger charge is 2.15. The third-order valence-electron chi connectivity index (χ3n) is 3.17. The average Bonchev–Trinajstić information content (AvgIpc) is 2.57. The summed E-state index contributed by atoms with van der Waals surface area (Å²) in [5.41, 5.74) is 3.05. The number of nitrogens with zero attached hydrogens (tertiary/aromatic N) is 1. The van der Waals surface area contributed by atoms with Gasteiger partial charge in [-0.2, -0.15) is 5.10 Å². The lowest BCUT2D eigenvalue weighted by Crippen LogP contribution is -2.43. The molecule has 7 nitrogen and oxygen atoms in total. The van der Waals surface area contributed by atoms with Crippen LogP contribution in [0.5, 0.6) is 11.5 Å². The van der Waals surface area contributed by atoms with E-state index in [1.165, 1.54) is 25.3 Å². The number of nitrogens with one attached hydrogen (secondary N) is 2. The summed E-state index contributed by atoms with van der Waals surface area (Å²) in [4.78, 5) is 23.8. The van der Waals surface area contributed by atoms with Gasteiger partial charge in [-0.3, -0.25) is 9.59 Å². The number of hydrazone groups is 1. The van der Waals surface area contributed by atoms with Crippen LogP contribution in [0.4, 0.5) is 0 Å². The number of hydrogen-bond donors (Lipinski definition) is 4. The summed E-state index contributed by atoms with van der Waals surface area (Å²) >= 11 is 0. The number of phenolic OH excluding ortho intramolecular Hbond substituents is 2. The van der Waals surface area contributed by atoms with Crippen molar-refractivity contribution in [3.63, 3.8) is 0 Å². The first-order chi connectivity index (χ1) is 11.5. The summed E-state index contributed by atoms with van der Waals surface area (Å²) < 4.78 is 0. The minimum absolute atomic E-state index is 0.0778. The van der Waals surface area contributed by atoms with E-state index in [0.717, 1.165) is 6.07 Å². The second-order valence-corrected chi connectivity index (χ2v) is 5.04. The van der Waals surface area contributed by atoms with Crippen LogP contribution >= 0.6 is 0 Å². The van der Waals surface area contributed by atoms with Crippen molar-refractivity contribution in [3.05, 3.63) is 59.7 Å².